The maximum atomic E-state index is 13.1. The van der Waals surface area contributed by atoms with Gasteiger partial charge in [0.1, 0.15) is 5.75 Å². The number of carbonyl (C=O) groups is 1. The van der Waals surface area contributed by atoms with Gasteiger partial charge in [0.25, 0.3) is 5.91 Å². The van der Waals surface area contributed by atoms with Gasteiger partial charge in [-0.3, -0.25) is 4.79 Å². The molecule has 0 atom stereocenters. The molecule has 2 aliphatic rings. The number of hydrogen-bond acceptors (Lipinski definition) is 6. The average Bonchev–Trinajstić information content (AvgIpc) is 3.04. The lowest BCUT2D eigenvalue weighted by atomic mass is 10.1. The molecule has 1 saturated heterocycles. The smallest absolute Gasteiger partial charge is 0.254 e. The van der Waals surface area contributed by atoms with Gasteiger partial charge in [0.2, 0.25) is 10.0 Å². The molecule has 9 heteroatoms. The van der Waals surface area contributed by atoms with Gasteiger partial charge in [-0.25, -0.2) is 8.42 Å². The molecule has 0 N–H and O–H groups in total. The molecule has 0 aromatic heterocycles. The molecule has 0 saturated carbocycles. The van der Waals surface area contributed by atoms with E-state index < -0.39 is 10.0 Å². The molecule has 2 aromatic carbocycles. The van der Waals surface area contributed by atoms with Gasteiger partial charge in [-0.05, 0) is 36.8 Å². The van der Waals surface area contributed by atoms with E-state index >= 15 is 0 Å². The number of sulfonamides is 1. The molecule has 0 spiro atoms. The fourth-order valence-corrected chi connectivity index (χ4v) is 5.16. The lowest BCUT2D eigenvalue weighted by Crippen LogP contribution is -2.50. The Morgan fingerprint density at radius 2 is 1.68 bits per heavy atom. The van der Waals surface area contributed by atoms with Crippen LogP contribution in [-0.2, 0) is 10.0 Å². The van der Waals surface area contributed by atoms with Crippen LogP contribution in [0.3, 0.4) is 0 Å². The zero-order chi connectivity index (χ0) is 22.0. The molecule has 0 bridgehead atoms. The summed E-state index contributed by atoms with van der Waals surface area (Å²) in [6.07, 6.45) is 0.750. The van der Waals surface area contributed by atoms with Crippen molar-refractivity contribution < 1.29 is 27.4 Å². The number of fused-ring (bicyclic) bond motifs is 1. The van der Waals surface area contributed by atoms with Gasteiger partial charge in [-0.2, -0.15) is 4.31 Å². The first-order chi connectivity index (χ1) is 14.9. The van der Waals surface area contributed by atoms with Crippen LogP contribution >= 0.6 is 0 Å². The first-order valence-corrected chi connectivity index (χ1v) is 11.7. The molecule has 4 rings (SSSR count). The van der Waals surface area contributed by atoms with Crippen molar-refractivity contribution in [3.05, 3.63) is 47.5 Å². The second kappa shape index (κ2) is 8.76. The third-order valence-electron chi connectivity index (χ3n) is 5.54. The highest BCUT2D eigenvalue weighted by Crippen LogP contribution is 2.33. The summed E-state index contributed by atoms with van der Waals surface area (Å²) in [5.74, 6) is 1.52. The SMILES string of the molecule is COc1cc(C(=O)N2CCN(S(=O)(=O)c3ccc4c(c3)OCCCO4)CC2)ccc1C. The topological polar surface area (TPSA) is 85.4 Å². The van der Waals surface area contributed by atoms with Gasteiger partial charge in [-0.15, -0.1) is 0 Å². The highest BCUT2D eigenvalue weighted by molar-refractivity contribution is 7.89. The summed E-state index contributed by atoms with van der Waals surface area (Å²) in [6.45, 7) is 4.04. The van der Waals surface area contributed by atoms with E-state index in [4.69, 9.17) is 14.2 Å². The minimum Gasteiger partial charge on any atom is -0.496 e. The van der Waals surface area contributed by atoms with E-state index in [2.05, 4.69) is 0 Å². The van der Waals surface area contributed by atoms with Crippen molar-refractivity contribution in [2.45, 2.75) is 18.2 Å². The van der Waals surface area contributed by atoms with Crippen molar-refractivity contribution in [2.75, 3.05) is 46.5 Å². The highest BCUT2D eigenvalue weighted by atomic mass is 32.2. The van der Waals surface area contributed by atoms with Crippen molar-refractivity contribution in [2.24, 2.45) is 0 Å². The number of methoxy groups -OCH3 is 1. The van der Waals surface area contributed by atoms with Crippen molar-refractivity contribution in [1.29, 1.82) is 0 Å². The molecule has 166 valence electrons. The van der Waals surface area contributed by atoms with Crippen LogP contribution in [0.4, 0.5) is 0 Å². The summed E-state index contributed by atoms with van der Waals surface area (Å²) in [6, 6.07) is 10.0. The molecule has 2 heterocycles. The lowest BCUT2D eigenvalue weighted by Gasteiger charge is -2.34. The van der Waals surface area contributed by atoms with Gasteiger partial charge >= 0.3 is 0 Å². The number of nitrogens with zero attached hydrogens (tertiary/aromatic N) is 2. The van der Waals surface area contributed by atoms with E-state index in [1.807, 2.05) is 13.0 Å². The zero-order valence-corrected chi connectivity index (χ0v) is 18.5. The van der Waals surface area contributed by atoms with E-state index in [1.54, 1.807) is 36.3 Å². The number of aryl methyl sites for hydroxylation is 1. The maximum absolute atomic E-state index is 13.1. The monoisotopic (exact) mass is 446 g/mol. The second-order valence-corrected chi connectivity index (χ2v) is 9.48. The standard InChI is InChI=1S/C22H26N2O6S/c1-16-4-5-17(14-20(16)28-2)22(25)23-8-10-24(11-9-23)31(26,27)18-6-7-19-21(15-18)30-13-3-12-29-19/h4-7,14-15H,3,8-13H2,1-2H3. The lowest BCUT2D eigenvalue weighted by molar-refractivity contribution is 0.0697. The highest BCUT2D eigenvalue weighted by Gasteiger charge is 2.31. The summed E-state index contributed by atoms with van der Waals surface area (Å²) in [7, 11) is -2.13. The molecular formula is C22H26N2O6S. The Labute approximate surface area is 182 Å². The predicted octanol–water partition coefficient (Wildman–Crippen LogP) is 2.31. The molecule has 1 fully saturated rings. The number of amides is 1. The average molecular weight is 447 g/mol. The summed E-state index contributed by atoms with van der Waals surface area (Å²) >= 11 is 0. The number of carbonyl (C=O) groups excluding carboxylic acids is 1. The maximum Gasteiger partial charge on any atom is 0.254 e. The van der Waals surface area contributed by atoms with Crippen LogP contribution in [-0.4, -0.2) is 70.0 Å². The summed E-state index contributed by atoms with van der Waals surface area (Å²) in [5, 5.41) is 0. The normalized spacial score (nSPS) is 17.2. The number of hydrogen-bond donors (Lipinski definition) is 0. The van der Waals surface area contributed by atoms with E-state index in [0.717, 1.165) is 12.0 Å². The molecule has 2 aliphatic heterocycles. The van der Waals surface area contributed by atoms with Crippen molar-refractivity contribution >= 4 is 15.9 Å². The largest absolute Gasteiger partial charge is 0.496 e. The van der Waals surface area contributed by atoms with Crippen LogP contribution in [0.5, 0.6) is 17.2 Å². The van der Waals surface area contributed by atoms with Crippen LogP contribution in [0.1, 0.15) is 22.3 Å². The third-order valence-corrected chi connectivity index (χ3v) is 7.43. The second-order valence-electron chi connectivity index (χ2n) is 7.54. The Bertz CT molecular complexity index is 1080. The van der Waals surface area contributed by atoms with Gasteiger partial charge in [0, 0.05) is 44.2 Å². The Morgan fingerprint density at radius 3 is 2.39 bits per heavy atom. The minimum atomic E-state index is -3.70. The van der Waals surface area contributed by atoms with Gasteiger partial charge in [0.05, 0.1) is 25.2 Å². The van der Waals surface area contributed by atoms with E-state index in [1.165, 1.54) is 10.4 Å². The fraction of sp³-hybridized carbons (Fsp3) is 0.409. The van der Waals surface area contributed by atoms with E-state index in [9.17, 15) is 13.2 Å². The van der Waals surface area contributed by atoms with Crippen LogP contribution in [0.15, 0.2) is 41.3 Å². The number of ether oxygens (including phenoxy) is 3. The van der Waals surface area contributed by atoms with E-state index in [-0.39, 0.29) is 23.9 Å². The van der Waals surface area contributed by atoms with Gasteiger partial charge in [0.15, 0.2) is 11.5 Å². The first-order valence-electron chi connectivity index (χ1n) is 10.2. The Kier molecular flexibility index (Phi) is 6.06. The van der Waals surface area contributed by atoms with Crippen molar-refractivity contribution in [3.8, 4) is 17.2 Å². The molecule has 0 aliphatic carbocycles. The third kappa shape index (κ3) is 4.33. The van der Waals surface area contributed by atoms with Crippen LogP contribution in [0.2, 0.25) is 0 Å². The summed E-state index contributed by atoms with van der Waals surface area (Å²) < 4.78 is 44.2. The van der Waals surface area contributed by atoms with Gasteiger partial charge < -0.3 is 19.1 Å². The molecule has 2 aromatic rings. The van der Waals surface area contributed by atoms with Gasteiger partial charge in [-0.1, -0.05) is 6.07 Å². The predicted molar refractivity (Wildman–Crippen MR) is 114 cm³/mol. The zero-order valence-electron chi connectivity index (χ0n) is 17.7. The Morgan fingerprint density at radius 1 is 0.968 bits per heavy atom. The summed E-state index contributed by atoms with van der Waals surface area (Å²) in [4.78, 5) is 14.7. The van der Waals surface area contributed by atoms with Crippen LogP contribution < -0.4 is 14.2 Å². The minimum absolute atomic E-state index is 0.133. The number of benzene rings is 2. The molecular weight excluding hydrogens is 420 g/mol. The van der Waals surface area contributed by atoms with E-state index in [0.29, 0.717) is 49.1 Å². The molecule has 8 nitrogen and oxygen atoms in total. The molecule has 1 amide bonds. The van der Waals surface area contributed by atoms with Crippen LogP contribution in [0, 0.1) is 6.92 Å². The number of rotatable bonds is 4. The molecule has 0 unspecified atom stereocenters. The quantitative estimate of drug-likeness (QED) is 0.717. The number of piperazine rings is 1. The van der Waals surface area contributed by atoms with Crippen molar-refractivity contribution in [3.63, 3.8) is 0 Å². The first kappa shape index (κ1) is 21.5. The molecule has 0 radical (unpaired) electrons. The molecule has 31 heavy (non-hydrogen) atoms. The van der Waals surface area contributed by atoms with Crippen LogP contribution in [0.25, 0.3) is 0 Å². The fourth-order valence-electron chi connectivity index (χ4n) is 3.72. The summed E-state index contributed by atoms with van der Waals surface area (Å²) in [5.41, 5.74) is 1.48. The van der Waals surface area contributed by atoms with Crippen molar-refractivity contribution in [1.82, 2.24) is 9.21 Å². The Balaban J connectivity index is 1.45. The Hall–Kier alpha value is -2.78.